The summed E-state index contributed by atoms with van der Waals surface area (Å²) in [5.74, 6) is 0. The zero-order valence-corrected chi connectivity index (χ0v) is 9.64. The van der Waals surface area contributed by atoms with Gasteiger partial charge in [0.05, 0.1) is 0 Å². The molecule has 0 aromatic heterocycles. The van der Waals surface area contributed by atoms with Gasteiger partial charge in [-0.15, -0.1) is 0 Å². The predicted octanol–water partition coefficient (Wildman–Crippen LogP) is 3.13. The van der Waals surface area contributed by atoms with Crippen LogP contribution in [0.2, 0.25) is 0 Å². The summed E-state index contributed by atoms with van der Waals surface area (Å²) in [6, 6.07) is 7.80. The van der Waals surface area contributed by atoms with E-state index in [-0.39, 0.29) is 0 Å². The molecule has 1 aromatic carbocycles. The fourth-order valence-electron chi connectivity index (χ4n) is 2.25. The predicted molar refractivity (Wildman–Crippen MR) is 58.8 cm³/mol. The van der Waals surface area contributed by atoms with Gasteiger partial charge in [0, 0.05) is 22.9 Å². The Morgan fingerprint density at radius 2 is 1.79 bits per heavy atom. The van der Waals surface area contributed by atoms with Crippen LogP contribution in [-0.2, 0) is 5.54 Å². The number of rotatable bonds is 1. The highest BCUT2D eigenvalue weighted by Crippen LogP contribution is 2.48. The minimum absolute atomic E-state index is 0.418. The van der Waals surface area contributed by atoms with Gasteiger partial charge in [0.1, 0.15) is 5.67 Å². The van der Waals surface area contributed by atoms with E-state index in [0.717, 1.165) is 10.0 Å². The van der Waals surface area contributed by atoms with E-state index in [9.17, 15) is 4.39 Å². The van der Waals surface area contributed by atoms with Crippen molar-refractivity contribution in [1.29, 1.82) is 0 Å². The fourth-order valence-corrected chi connectivity index (χ4v) is 2.51. The van der Waals surface area contributed by atoms with E-state index in [1.807, 2.05) is 24.3 Å². The van der Waals surface area contributed by atoms with Crippen molar-refractivity contribution in [2.24, 2.45) is 5.73 Å². The van der Waals surface area contributed by atoms with Crippen molar-refractivity contribution >= 4 is 15.9 Å². The highest BCUT2D eigenvalue weighted by molar-refractivity contribution is 9.10. The number of hydrogen-bond acceptors (Lipinski definition) is 1. The van der Waals surface area contributed by atoms with Crippen LogP contribution in [0, 0.1) is 0 Å². The summed E-state index contributed by atoms with van der Waals surface area (Å²) >= 11 is 3.36. The number of benzene rings is 1. The van der Waals surface area contributed by atoms with E-state index in [1.54, 1.807) is 6.92 Å². The topological polar surface area (TPSA) is 26.0 Å². The van der Waals surface area contributed by atoms with Crippen LogP contribution in [0.5, 0.6) is 0 Å². The average Bonchev–Trinajstić information content (AvgIpc) is 2.01. The summed E-state index contributed by atoms with van der Waals surface area (Å²) in [7, 11) is 0. The van der Waals surface area contributed by atoms with Gasteiger partial charge >= 0.3 is 0 Å². The Labute approximate surface area is 91.6 Å². The van der Waals surface area contributed by atoms with E-state index in [0.29, 0.717) is 12.8 Å². The first-order chi connectivity index (χ1) is 6.41. The lowest BCUT2D eigenvalue weighted by atomic mass is 9.64. The molecular formula is C11H13BrFN. The highest BCUT2D eigenvalue weighted by Gasteiger charge is 2.50. The van der Waals surface area contributed by atoms with Gasteiger partial charge in [0.2, 0.25) is 0 Å². The third-order valence-electron chi connectivity index (χ3n) is 2.79. The summed E-state index contributed by atoms with van der Waals surface area (Å²) in [4.78, 5) is 0. The van der Waals surface area contributed by atoms with Crippen molar-refractivity contribution in [3.8, 4) is 0 Å². The molecule has 1 saturated carbocycles. The molecule has 0 atom stereocenters. The molecule has 1 aromatic rings. The van der Waals surface area contributed by atoms with E-state index >= 15 is 0 Å². The summed E-state index contributed by atoms with van der Waals surface area (Å²) in [6.45, 7) is 1.61. The molecule has 0 saturated heterocycles. The molecule has 1 nitrogen and oxygen atoms in total. The molecule has 76 valence electrons. The minimum atomic E-state index is -1.08. The monoisotopic (exact) mass is 257 g/mol. The van der Waals surface area contributed by atoms with Crippen molar-refractivity contribution in [3.63, 3.8) is 0 Å². The molecule has 1 fully saturated rings. The molecular weight excluding hydrogens is 245 g/mol. The molecule has 0 spiro atoms. The van der Waals surface area contributed by atoms with E-state index in [4.69, 9.17) is 5.73 Å². The van der Waals surface area contributed by atoms with Gasteiger partial charge in [-0.25, -0.2) is 4.39 Å². The molecule has 0 bridgehead atoms. The number of alkyl halides is 1. The molecule has 0 amide bonds. The first kappa shape index (κ1) is 10.1. The second-order valence-electron chi connectivity index (χ2n) is 4.43. The SMILES string of the molecule is CC1(F)CC(N)(c2ccc(Br)cc2)C1. The van der Waals surface area contributed by atoms with Crippen LogP contribution in [0.15, 0.2) is 28.7 Å². The second-order valence-corrected chi connectivity index (χ2v) is 5.35. The van der Waals surface area contributed by atoms with Gasteiger partial charge in [-0.3, -0.25) is 0 Å². The van der Waals surface area contributed by atoms with Crippen molar-refractivity contribution < 1.29 is 4.39 Å². The Morgan fingerprint density at radius 1 is 1.29 bits per heavy atom. The van der Waals surface area contributed by atoms with Crippen LogP contribution in [0.25, 0.3) is 0 Å². The normalized spacial score (nSPS) is 36.6. The lowest BCUT2D eigenvalue weighted by Gasteiger charge is -2.48. The standard InChI is InChI=1S/C11H13BrFN/c1-10(13)6-11(14,7-10)8-2-4-9(12)5-3-8/h2-5H,6-7,14H2,1H3. The van der Waals surface area contributed by atoms with Gasteiger partial charge in [0.25, 0.3) is 0 Å². The Kier molecular flexibility index (Phi) is 2.20. The van der Waals surface area contributed by atoms with Gasteiger partial charge in [-0.1, -0.05) is 28.1 Å². The molecule has 2 rings (SSSR count). The van der Waals surface area contributed by atoms with Crippen molar-refractivity contribution in [1.82, 2.24) is 0 Å². The third-order valence-corrected chi connectivity index (χ3v) is 3.32. The zero-order valence-electron chi connectivity index (χ0n) is 8.06. The lowest BCUT2D eigenvalue weighted by Crippen LogP contribution is -2.56. The van der Waals surface area contributed by atoms with Crippen molar-refractivity contribution in [2.75, 3.05) is 0 Å². The summed E-state index contributed by atoms with van der Waals surface area (Å²) in [5.41, 5.74) is 5.58. The molecule has 1 aliphatic rings. The van der Waals surface area contributed by atoms with Crippen molar-refractivity contribution in [2.45, 2.75) is 31.0 Å². The summed E-state index contributed by atoms with van der Waals surface area (Å²) in [5, 5.41) is 0. The largest absolute Gasteiger partial charge is 0.321 e. The third kappa shape index (κ3) is 1.71. The van der Waals surface area contributed by atoms with E-state index in [2.05, 4.69) is 15.9 Å². The Bertz CT molecular complexity index is 337. The molecule has 3 heteroatoms. The molecule has 2 N–H and O–H groups in total. The smallest absolute Gasteiger partial charge is 0.112 e. The average molecular weight is 258 g/mol. The van der Waals surface area contributed by atoms with E-state index < -0.39 is 11.2 Å². The zero-order chi connectivity index (χ0) is 10.4. The minimum Gasteiger partial charge on any atom is -0.321 e. The summed E-state index contributed by atoms with van der Waals surface area (Å²) in [6.07, 6.45) is 0.837. The van der Waals surface area contributed by atoms with Gasteiger partial charge < -0.3 is 5.73 Å². The van der Waals surface area contributed by atoms with Crippen LogP contribution in [0.3, 0.4) is 0 Å². The second kappa shape index (κ2) is 3.04. The highest BCUT2D eigenvalue weighted by atomic mass is 79.9. The fraction of sp³-hybridized carbons (Fsp3) is 0.455. The van der Waals surface area contributed by atoms with Gasteiger partial charge in [-0.2, -0.15) is 0 Å². The quantitative estimate of drug-likeness (QED) is 0.822. The van der Waals surface area contributed by atoms with E-state index in [1.165, 1.54) is 0 Å². The molecule has 0 radical (unpaired) electrons. The Morgan fingerprint density at radius 3 is 2.21 bits per heavy atom. The Balaban J connectivity index is 2.21. The molecule has 0 unspecified atom stereocenters. The maximum atomic E-state index is 13.4. The van der Waals surface area contributed by atoms with Crippen molar-refractivity contribution in [3.05, 3.63) is 34.3 Å². The van der Waals surface area contributed by atoms with Crippen LogP contribution in [0.4, 0.5) is 4.39 Å². The molecule has 0 heterocycles. The molecule has 1 aliphatic carbocycles. The first-order valence-electron chi connectivity index (χ1n) is 4.65. The summed E-state index contributed by atoms with van der Waals surface area (Å²) < 4.78 is 14.4. The van der Waals surface area contributed by atoms with Crippen LogP contribution < -0.4 is 5.73 Å². The molecule has 0 aliphatic heterocycles. The maximum absolute atomic E-state index is 13.4. The number of halogens is 2. The number of nitrogens with two attached hydrogens (primary N) is 1. The molecule has 14 heavy (non-hydrogen) atoms. The number of hydrogen-bond donors (Lipinski definition) is 1. The van der Waals surface area contributed by atoms with Crippen LogP contribution >= 0.6 is 15.9 Å². The first-order valence-corrected chi connectivity index (χ1v) is 5.45. The maximum Gasteiger partial charge on any atom is 0.112 e. The Hall–Kier alpha value is -0.410. The van der Waals surface area contributed by atoms with Gasteiger partial charge in [-0.05, 0) is 24.6 Å². The van der Waals surface area contributed by atoms with Gasteiger partial charge in [0.15, 0.2) is 0 Å². The van der Waals surface area contributed by atoms with Crippen LogP contribution in [-0.4, -0.2) is 5.67 Å². The lowest BCUT2D eigenvalue weighted by molar-refractivity contribution is 0.00132. The van der Waals surface area contributed by atoms with Crippen LogP contribution in [0.1, 0.15) is 25.3 Å².